The standard InChI is InChI=1S/C16H18BrFOS/c1-16(2,3)13-9-8-12(20-13)15(17)14-10(18)6-5-7-11(14)19-4/h5-9,15H,1-4H3. The van der Waals surface area contributed by atoms with Crippen LogP contribution in [-0.2, 0) is 5.41 Å². The van der Waals surface area contributed by atoms with E-state index < -0.39 is 0 Å². The summed E-state index contributed by atoms with van der Waals surface area (Å²) in [4.78, 5) is 2.17. The SMILES string of the molecule is COc1cccc(F)c1C(Br)c1ccc(C(C)(C)C)s1. The zero-order valence-electron chi connectivity index (χ0n) is 12.0. The van der Waals surface area contributed by atoms with Crippen molar-refractivity contribution in [1.82, 2.24) is 0 Å². The lowest BCUT2D eigenvalue weighted by atomic mass is 9.95. The Morgan fingerprint density at radius 2 is 1.90 bits per heavy atom. The van der Waals surface area contributed by atoms with Crippen LogP contribution in [0, 0.1) is 5.82 Å². The largest absolute Gasteiger partial charge is 0.496 e. The monoisotopic (exact) mass is 356 g/mol. The molecule has 1 nitrogen and oxygen atoms in total. The Hall–Kier alpha value is -0.870. The molecule has 1 heterocycles. The number of halogens is 2. The van der Waals surface area contributed by atoms with Crippen molar-refractivity contribution in [2.75, 3.05) is 7.11 Å². The molecular formula is C16H18BrFOS. The third-order valence-corrected chi connectivity index (χ3v) is 5.93. The number of thiophene rings is 1. The molecule has 0 fully saturated rings. The molecule has 4 heteroatoms. The van der Waals surface area contributed by atoms with Crippen LogP contribution in [0.4, 0.5) is 4.39 Å². The highest BCUT2D eigenvalue weighted by atomic mass is 79.9. The minimum Gasteiger partial charge on any atom is -0.496 e. The predicted octanol–water partition coefficient (Wildman–Crippen LogP) is 5.68. The summed E-state index contributed by atoms with van der Waals surface area (Å²) >= 11 is 5.31. The number of methoxy groups -OCH3 is 1. The summed E-state index contributed by atoms with van der Waals surface area (Å²) in [6.45, 7) is 6.53. The van der Waals surface area contributed by atoms with Gasteiger partial charge in [-0.1, -0.05) is 42.8 Å². The third kappa shape index (κ3) is 3.07. The maximum atomic E-state index is 14.1. The van der Waals surface area contributed by atoms with Crippen LogP contribution in [0.15, 0.2) is 30.3 Å². The molecule has 108 valence electrons. The van der Waals surface area contributed by atoms with Gasteiger partial charge < -0.3 is 4.74 Å². The topological polar surface area (TPSA) is 9.23 Å². The Bertz CT molecular complexity index is 601. The Morgan fingerprint density at radius 3 is 2.45 bits per heavy atom. The van der Waals surface area contributed by atoms with Crippen molar-refractivity contribution >= 4 is 27.3 Å². The summed E-state index contributed by atoms with van der Waals surface area (Å²) < 4.78 is 19.4. The number of hydrogen-bond acceptors (Lipinski definition) is 2. The molecule has 0 spiro atoms. The van der Waals surface area contributed by atoms with Gasteiger partial charge in [-0.2, -0.15) is 0 Å². The van der Waals surface area contributed by atoms with Gasteiger partial charge in [0, 0.05) is 15.3 Å². The van der Waals surface area contributed by atoms with E-state index in [0.29, 0.717) is 11.3 Å². The lowest BCUT2D eigenvalue weighted by Gasteiger charge is -2.16. The highest BCUT2D eigenvalue weighted by Gasteiger charge is 2.23. The van der Waals surface area contributed by atoms with Crippen molar-refractivity contribution in [3.05, 3.63) is 51.5 Å². The van der Waals surface area contributed by atoms with E-state index in [4.69, 9.17) is 4.74 Å². The van der Waals surface area contributed by atoms with Gasteiger partial charge in [-0.25, -0.2) is 4.39 Å². The summed E-state index contributed by atoms with van der Waals surface area (Å²) in [6.07, 6.45) is 0. The molecule has 0 aliphatic carbocycles. The van der Waals surface area contributed by atoms with Crippen molar-refractivity contribution in [3.8, 4) is 5.75 Å². The highest BCUT2D eigenvalue weighted by Crippen LogP contribution is 2.42. The molecule has 20 heavy (non-hydrogen) atoms. The summed E-state index contributed by atoms with van der Waals surface area (Å²) in [5, 5.41) is 0. The normalized spacial score (nSPS) is 13.3. The van der Waals surface area contributed by atoms with Gasteiger partial charge in [0.25, 0.3) is 0 Å². The summed E-state index contributed by atoms with van der Waals surface area (Å²) in [6, 6.07) is 9.07. The van der Waals surface area contributed by atoms with E-state index >= 15 is 0 Å². The number of hydrogen-bond donors (Lipinski definition) is 0. The Kier molecular flexibility index (Phi) is 4.55. The van der Waals surface area contributed by atoms with Crippen molar-refractivity contribution in [3.63, 3.8) is 0 Å². The van der Waals surface area contributed by atoms with Crippen molar-refractivity contribution in [2.24, 2.45) is 0 Å². The molecule has 1 aromatic heterocycles. The quantitative estimate of drug-likeness (QED) is 0.643. The summed E-state index contributed by atoms with van der Waals surface area (Å²) in [5.74, 6) is 0.314. The number of benzene rings is 1. The predicted molar refractivity (Wildman–Crippen MR) is 86.7 cm³/mol. The molecule has 0 saturated carbocycles. The first-order valence-electron chi connectivity index (χ1n) is 6.41. The Balaban J connectivity index is 2.42. The van der Waals surface area contributed by atoms with Gasteiger partial charge in [0.05, 0.1) is 11.9 Å². The summed E-state index contributed by atoms with van der Waals surface area (Å²) in [7, 11) is 1.56. The van der Waals surface area contributed by atoms with E-state index in [1.807, 2.05) is 0 Å². The van der Waals surface area contributed by atoms with Crippen molar-refractivity contribution in [2.45, 2.75) is 31.0 Å². The molecule has 1 unspecified atom stereocenters. The highest BCUT2D eigenvalue weighted by molar-refractivity contribution is 9.09. The van der Waals surface area contributed by atoms with Crippen LogP contribution in [0.5, 0.6) is 5.75 Å². The van der Waals surface area contributed by atoms with E-state index in [2.05, 4.69) is 48.8 Å². The minimum atomic E-state index is -0.253. The maximum absolute atomic E-state index is 14.1. The molecule has 0 bridgehead atoms. The first kappa shape index (κ1) is 15.5. The van der Waals surface area contributed by atoms with Crippen LogP contribution in [0.1, 0.15) is 40.9 Å². The number of ether oxygens (including phenoxy) is 1. The molecule has 0 radical (unpaired) electrons. The molecule has 0 N–H and O–H groups in total. The van der Waals surface area contributed by atoms with Crippen LogP contribution >= 0.6 is 27.3 Å². The second kappa shape index (κ2) is 5.86. The molecule has 0 saturated heterocycles. The van der Waals surface area contributed by atoms with E-state index in [1.165, 1.54) is 10.9 Å². The van der Waals surface area contributed by atoms with Crippen LogP contribution in [-0.4, -0.2) is 7.11 Å². The molecular weight excluding hydrogens is 339 g/mol. The van der Waals surface area contributed by atoms with E-state index in [1.54, 1.807) is 30.6 Å². The molecule has 0 aliphatic heterocycles. The third-order valence-electron chi connectivity index (χ3n) is 3.10. The molecule has 0 aliphatic rings. The Labute approximate surface area is 131 Å². The van der Waals surface area contributed by atoms with Crippen molar-refractivity contribution < 1.29 is 9.13 Å². The minimum absolute atomic E-state index is 0.106. The van der Waals surface area contributed by atoms with Crippen LogP contribution in [0.25, 0.3) is 0 Å². The molecule has 2 aromatic rings. The van der Waals surface area contributed by atoms with Crippen LogP contribution < -0.4 is 4.74 Å². The molecule has 1 aromatic carbocycles. The fraction of sp³-hybridized carbons (Fsp3) is 0.375. The molecule has 2 rings (SSSR count). The average Bonchev–Trinajstić information content (AvgIpc) is 2.87. The number of alkyl halides is 1. The van der Waals surface area contributed by atoms with Crippen LogP contribution in [0.3, 0.4) is 0 Å². The van der Waals surface area contributed by atoms with Gasteiger partial charge in [-0.05, 0) is 29.7 Å². The van der Waals surface area contributed by atoms with E-state index in [9.17, 15) is 4.39 Å². The van der Waals surface area contributed by atoms with E-state index in [-0.39, 0.29) is 16.1 Å². The van der Waals surface area contributed by atoms with Crippen molar-refractivity contribution in [1.29, 1.82) is 0 Å². The zero-order chi connectivity index (χ0) is 14.9. The van der Waals surface area contributed by atoms with Gasteiger partial charge in [-0.3, -0.25) is 0 Å². The van der Waals surface area contributed by atoms with Gasteiger partial charge in [0.15, 0.2) is 0 Å². The number of rotatable bonds is 3. The fourth-order valence-corrected chi connectivity index (χ4v) is 3.91. The maximum Gasteiger partial charge on any atom is 0.131 e. The zero-order valence-corrected chi connectivity index (χ0v) is 14.4. The second-order valence-corrected chi connectivity index (χ2v) is 7.70. The lowest BCUT2D eigenvalue weighted by Crippen LogP contribution is -2.07. The van der Waals surface area contributed by atoms with E-state index in [0.717, 1.165) is 4.88 Å². The second-order valence-electron chi connectivity index (χ2n) is 5.67. The lowest BCUT2D eigenvalue weighted by molar-refractivity contribution is 0.405. The molecule has 1 atom stereocenters. The first-order chi connectivity index (χ1) is 9.34. The van der Waals surface area contributed by atoms with Gasteiger partial charge in [0.2, 0.25) is 0 Å². The first-order valence-corrected chi connectivity index (χ1v) is 8.14. The van der Waals surface area contributed by atoms with Gasteiger partial charge in [-0.15, -0.1) is 11.3 Å². The fourth-order valence-electron chi connectivity index (χ4n) is 1.98. The summed E-state index contributed by atoms with van der Waals surface area (Å²) in [5.41, 5.74) is 0.659. The van der Waals surface area contributed by atoms with Gasteiger partial charge in [0.1, 0.15) is 11.6 Å². The average molecular weight is 357 g/mol. The van der Waals surface area contributed by atoms with Crippen LogP contribution in [0.2, 0.25) is 0 Å². The Morgan fingerprint density at radius 1 is 1.20 bits per heavy atom. The molecule has 0 amide bonds. The smallest absolute Gasteiger partial charge is 0.131 e. The van der Waals surface area contributed by atoms with Gasteiger partial charge >= 0.3 is 0 Å².